The highest BCUT2D eigenvalue weighted by Crippen LogP contribution is 2.51. The van der Waals surface area contributed by atoms with Crippen LogP contribution in [-0.4, -0.2) is 25.3 Å². The van der Waals surface area contributed by atoms with Crippen molar-refractivity contribution in [1.29, 1.82) is 0 Å². The summed E-state index contributed by atoms with van der Waals surface area (Å²) in [6, 6.07) is 21.8. The first-order chi connectivity index (χ1) is 16.6. The van der Waals surface area contributed by atoms with E-state index in [0.29, 0.717) is 0 Å². The molecule has 0 spiro atoms. The molecule has 0 saturated heterocycles. The Morgan fingerprint density at radius 1 is 0.886 bits per heavy atom. The Balaban J connectivity index is 2.00. The van der Waals surface area contributed by atoms with Gasteiger partial charge in [0.25, 0.3) is 0 Å². The van der Waals surface area contributed by atoms with E-state index in [1.165, 1.54) is 48.5 Å². The number of hydrogen-bond acceptors (Lipinski definition) is 4. The summed E-state index contributed by atoms with van der Waals surface area (Å²) >= 11 is 0. The van der Waals surface area contributed by atoms with Crippen molar-refractivity contribution in [1.82, 2.24) is 0 Å². The summed E-state index contributed by atoms with van der Waals surface area (Å²) in [6.07, 6.45) is 3.31. The Labute approximate surface area is 200 Å². The number of sulfonamides is 1. The zero-order valence-corrected chi connectivity index (χ0v) is 19.0. The van der Waals surface area contributed by atoms with Gasteiger partial charge in [-0.1, -0.05) is 91.0 Å². The average Bonchev–Trinajstić information content (AvgIpc) is 2.84. The van der Waals surface area contributed by atoms with Gasteiger partial charge in [0, 0.05) is 12.0 Å². The number of carbonyl (C=O) groups excluding carboxylic acids is 1. The largest absolute Gasteiger partial charge is 0.517 e. The summed E-state index contributed by atoms with van der Waals surface area (Å²) in [5.41, 5.74) is -8.47. The fourth-order valence-corrected chi connectivity index (χ4v) is 5.17. The number of hydrogen-bond donors (Lipinski definition) is 1. The van der Waals surface area contributed by atoms with Gasteiger partial charge in [0.2, 0.25) is 0 Å². The van der Waals surface area contributed by atoms with Gasteiger partial charge in [0.15, 0.2) is 6.29 Å². The first kappa shape index (κ1) is 24.4. The fraction of sp³-hybridized carbons (Fsp3) is 0.115. The lowest BCUT2D eigenvalue weighted by molar-refractivity contribution is -0.107. The molecule has 5 nitrogen and oxygen atoms in total. The molecule has 1 aliphatic heterocycles. The number of nitrogens with zero attached hydrogens (tertiary/aromatic N) is 1. The summed E-state index contributed by atoms with van der Waals surface area (Å²) in [7, 11) is -5.98. The van der Waals surface area contributed by atoms with Crippen molar-refractivity contribution in [2.45, 2.75) is 17.5 Å². The quantitative estimate of drug-likeness (QED) is 0.470. The minimum absolute atomic E-state index is 0.0300. The summed E-state index contributed by atoms with van der Waals surface area (Å²) in [5, 5.41) is 11.8. The standard InChI is InChI=1S/C26H20F3NO4S/c27-26(28,29)35(33,34)30-23-16-8-7-15-21(23)25(32,17-9-12-19-10-3-1-4-11-19)22(18-31)24(30)20-13-5-2-6-14-20/h1-16,18,32H,17H2/b12-9+/t25-/m0/s1. The number of carbonyl (C=O) groups is 1. The second-order valence-electron chi connectivity index (χ2n) is 7.86. The molecule has 3 aromatic rings. The summed E-state index contributed by atoms with van der Waals surface area (Å²) < 4.78 is 67.1. The van der Waals surface area contributed by atoms with Gasteiger partial charge in [0.05, 0.1) is 17.0 Å². The molecule has 0 unspecified atom stereocenters. The molecular weight excluding hydrogens is 479 g/mol. The van der Waals surface area contributed by atoms with Gasteiger partial charge in [0.1, 0.15) is 5.60 Å². The number of aliphatic hydroxyl groups is 1. The minimum atomic E-state index is -5.98. The minimum Gasteiger partial charge on any atom is -0.380 e. The van der Waals surface area contributed by atoms with Crippen LogP contribution in [0.1, 0.15) is 23.1 Å². The molecule has 180 valence electrons. The predicted octanol–water partition coefficient (Wildman–Crippen LogP) is 5.26. The zero-order valence-electron chi connectivity index (χ0n) is 18.2. The molecule has 0 saturated carbocycles. The topological polar surface area (TPSA) is 74.7 Å². The number of fused-ring (bicyclic) bond motifs is 1. The van der Waals surface area contributed by atoms with Crippen LogP contribution in [0.5, 0.6) is 0 Å². The van der Waals surface area contributed by atoms with Crippen molar-refractivity contribution in [3.63, 3.8) is 0 Å². The monoisotopic (exact) mass is 499 g/mol. The lowest BCUT2D eigenvalue weighted by atomic mass is 9.78. The van der Waals surface area contributed by atoms with Crippen LogP contribution in [0.3, 0.4) is 0 Å². The van der Waals surface area contributed by atoms with Gasteiger partial charge >= 0.3 is 15.5 Å². The Kier molecular flexibility index (Phi) is 6.40. The highest BCUT2D eigenvalue weighted by Gasteiger charge is 2.56. The number of aldehydes is 1. The second-order valence-corrected chi connectivity index (χ2v) is 9.63. The number of benzene rings is 3. The van der Waals surface area contributed by atoms with Crippen LogP contribution in [0.4, 0.5) is 18.9 Å². The second kappa shape index (κ2) is 9.16. The molecule has 1 N–H and O–H groups in total. The van der Waals surface area contributed by atoms with Crippen molar-refractivity contribution < 1.29 is 31.5 Å². The molecule has 35 heavy (non-hydrogen) atoms. The lowest BCUT2D eigenvalue weighted by Gasteiger charge is -2.41. The molecule has 1 atom stereocenters. The van der Waals surface area contributed by atoms with Crippen molar-refractivity contribution in [2.75, 3.05) is 4.31 Å². The highest BCUT2D eigenvalue weighted by atomic mass is 32.2. The maximum atomic E-state index is 13.8. The van der Waals surface area contributed by atoms with E-state index in [1.807, 2.05) is 30.3 Å². The first-order valence-electron chi connectivity index (χ1n) is 10.5. The summed E-state index contributed by atoms with van der Waals surface area (Å²) in [4.78, 5) is 12.4. The normalized spacial score (nSPS) is 18.6. The molecule has 0 amide bonds. The Hall–Kier alpha value is -3.69. The van der Waals surface area contributed by atoms with E-state index in [1.54, 1.807) is 18.2 Å². The van der Waals surface area contributed by atoms with Crippen LogP contribution < -0.4 is 4.31 Å². The van der Waals surface area contributed by atoms with E-state index < -0.39 is 32.4 Å². The van der Waals surface area contributed by atoms with Crippen LogP contribution in [0.2, 0.25) is 0 Å². The Morgan fingerprint density at radius 2 is 1.46 bits per heavy atom. The SMILES string of the molecule is O=CC1=C(c2ccccc2)N(S(=O)(=O)C(F)(F)F)c2ccccc2[C@@]1(O)C/C=C/c1ccccc1. The zero-order chi connectivity index (χ0) is 25.3. The maximum absolute atomic E-state index is 13.8. The third-order valence-electron chi connectivity index (χ3n) is 5.69. The van der Waals surface area contributed by atoms with Gasteiger partial charge in [-0.2, -0.15) is 21.6 Å². The van der Waals surface area contributed by atoms with Crippen molar-refractivity contribution in [3.8, 4) is 0 Å². The van der Waals surface area contributed by atoms with E-state index in [9.17, 15) is 31.5 Å². The molecule has 0 radical (unpaired) electrons. The van der Waals surface area contributed by atoms with Gasteiger partial charge in [-0.3, -0.25) is 4.79 Å². The van der Waals surface area contributed by atoms with Gasteiger partial charge in [-0.25, -0.2) is 4.31 Å². The van der Waals surface area contributed by atoms with Crippen molar-refractivity contribution in [2.24, 2.45) is 0 Å². The molecule has 4 rings (SSSR count). The third kappa shape index (κ3) is 4.28. The highest BCUT2D eigenvalue weighted by molar-refractivity contribution is 7.94. The van der Waals surface area contributed by atoms with Crippen molar-refractivity contribution >= 4 is 33.8 Å². The van der Waals surface area contributed by atoms with Crippen molar-refractivity contribution in [3.05, 3.63) is 113 Å². The van der Waals surface area contributed by atoms with Crippen LogP contribution >= 0.6 is 0 Å². The van der Waals surface area contributed by atoms with E-state index in [2.05, 4.69) is 0 Å². The van der Waals surface area contributed by atoms with Gasteiger partial charge in [-0.05, 0) is 17.2 Å². The van der Waals surface area contributed by atoms with E-state index >= 15 is 0 Å². The molecule has 0 bridgehead atoms. The van der Waals surface area contributed by atoms with Gasteiger partial charge in [-0.15, -0.1) is 0 Å². The number of alkyl halides is 3. The van der Waals surface area contributed by atoms with Crippen LogP contribution in [0.25, 0.3) is 11.8 Å². The van der Waals surface area contributed by atoms with E-state index in [0.717, 1.165) is 5.56 Å². The van der Waals surface area contributed by atoms with Crippen LogP contribution in [0, 0.1) is 0 Å². The lowest BCUT2D eigenvalue weighted by Crippen LogP contribution is -2.46. The first-order valence-corrected chi connectivity index (χ1v) is 12.0. The molecule has 9 heteroatoms. The molecule has 0 fully saturated rings. The number of halogens is 3. The molecule has 1 aliphatic rings. The number of para-hydroxylation sites is 1. The Bertz CT molecular complexity index is 1400. The smallest absolute Gasteiger partial charge is 0.380 e. The molecule has 0 aromatic heterocycles. The number of anilines is 1. The third-order valence-corrected chi connectivity index (χ3v) is 7.14. The molecule has 3 aromatic carbocycles. The molecule has 0 aliphatic carbocycles. The van der Waals surface area contributed by atoms with Crippen LogP contribution in [0.15, 0.2) is 96.6 Å². The van der Waals surface area contributed by atoms with Crippen LogP contribution in [-0.2, 0) is 20.4 Å². The number of rotatable bonds is 6. The Morgan fingerprint density at radius 3 is 2.06 bits per heavy atom. The fourth-order valence-electron chi connectivity index (χ4n) is 4.10. The average molecular weight is 500 g/mol. The molecule has 1 heterocycles. The summed E-state index contributed by atoms with van der Waals surface area (Å²) in [5.74, 6) is 0. The summed E-state index contributed by atoms with van der Waals surface area (Å²) in [6.45, 7) is 0. The predicted molar refractivity (Wildman–Crippen MR) is 127 cm³/mol. The van der Waals surface area contributed by atoms with E-state index in [-0.39, 0.29) is 33.8 Å². The maximum Gasteiger partial charge on any atom is 0.517 e. The molecular formula is C26H20F3NO4S. The van der Waals surface area contributed by atoms with Gasteiger partial charge < -0.3 is 5.11 Å². The van der Waals surface area contributed by atoms with E-state index in [4.69, 9.17) is 0 Å².